The van der Waals surface area contributed by atoms with Gasteiger partial charge in [-0.15, -0.1) is 11.3 Å². The number of carbonyl (C=O) groups excluding carboxylic acids is 2. The van der Waals surface area contributed by atoms with Gasteiger partial charge in [-0.1, -0.05) is 12.1 Å². The quantitative estimate of drug-likeness (QED) is 0.117. The molecule has 1 unspecified atom stereocenters. The van der Waals surface area contributed by atoms with Crippen molar-refractivity contribution < 1.29 is 23.8 Å². The molecule has 0 saturated carbocycles. The first-order chi connectivity index (χ1) is 27.0. The summed E-state index contributed by atoms with van der Waals surface area (Å²) in [5.74, 6) is 1.82. The summed E-state index contributed by atoms with van der Waals surface area (Å²) in [7, 11) is 5.08. The second-order valence-corrected chi connectivity index (χ2v) is 15.0. The van der Waals surface area contributed by atoms with Crippen LogP contribution in [0.1, 0.15) is 45.8 Å². The summed E-state index contributed by atoms with van der Waals surface area (Å²) in [4.78, 5) is 49.1. The number of aryl methyl sites for hydroxylation is 1. The predicted octanol–water partition coefficient (Wildman–Crippen LogP) is 4.51. The molecule has 56 heavy (non-hydrogen) atoms. The van der Waals surface area contributed by atoms with Gasteiger partial charge in [-0.25, -0.2) is 4.98 Å². The number of piperazine rings is 1. The van der Waals surface area contributed by atoms with Gasteiger partial charge in [0.2, 0.25) is 5.91 Å². The minimum atomic E-state index is -0.313. The molecular weight excluding hydrogens is 731 g/mol. The lowest BCUT2D eigenvalue weighted by molar-refractivity contribution is -0.129. The maximum Gasteiger partial charge on any atom is 0.265 e. The van der Waals surface area contributed by atoms with Gasteiger partial charge in [-0.05, 0) is 68.2 Å². The summed E-state index contributed by atoms with van der Waals surface area (Å²) < 4.78 is 19.5. The van der Waals surface area contributed by atoms with Crippen LogP contribution in [0.2, 0.25) is 0 Å². The van der Waals surface area contributed by atoms with E-state index in [-0.39, 0.29) is 29.0 Å². The van der Waals surface area contributed by atoms with Gasteiger partial charge in [-0.3, -0.25) is 24.2 Å². The second kappa shape index (κ2) is 18.0. The smallest absolute Gasteiger partial charge is 0.265 e. The fourth-order valence-electron chi connectivity index (χ4n) is 7.48. The Morgan fingerprint density at radius 2 is 1.75 bits per heavy atom. The van der Waals surface area contributed by atoms with Crippen molar-refractivity contribution in [1.82, 2.24) is 29.6 Å². The average molecular weight is 780 g/mol. The lowest BCUT2D eigenvalue weighted by Crippen LogP contribution is -2.49. The van der Waals surface area contributed by atoms with E-state index in [2.05, 4.69) is 20.1 Å². The minimum absolute atomic E-state index is 0.0109. The first-order valence-corrected chi connectivity index (χ1v) is 19.6. The SMILES string of the molecule is COc1cc(-c2cn(C)c(=O)c(C)c2C)cc(OC)c1CN1CCN(CC(=O)NCCOc2cccc3c2CCN(C(=O)C(C#N)=Cc2nccs2)C3C)CC1. The van der Waals surface area contributed by atoms with Crippen LogP contribution in [-0.2, 0) is 29.6 Å². The Morgan fingerprint density at radius 3 is 2.41 bits per heavy atom. The molecule has 1 saturated heterocycles. The van der Waals surface area contributed by atoms with E-state index in [1.54, 1.807) is 48.4 Å². The number of thiazole rings is 1. The van der Waals surface area contributed by atoms with Crippen LogP contribution in [0, 0.1) is 25.2 Å². The molecule has 0 radical (unpaired) electrons. The van der Waals surface area contributed by atoms with Crippen LogP contribution in [0.15, 0.2) is 58.5 Å². The fraction of sp³-hybridized carbons (Fsp3) is 0.405. The van der Waals surface area contributed by atoms with E-state index >= 15 is 0 Å². The van der Waals surface area contributed by atoms with Gasteiger partial charge in [-0.2, -0.15) is 5.26 Å². The van der Waals surface area contributed by atoms with Gasteiger partial charge < -0.3 is 29.0 Å². The molecule has 0 spiro atoms. The third-order valence-corrected chi connectivity index (χ3v) is 11.5. The van der Waals surface area contributed by atoms with Gasteiger partial charge in [0, 0.05) is 80.8 Å². The first kappa shape index (κ1) is 40.2. The van der Waals surface area contributed by atoms with Gasteiger partial charge in [0.05, 0.1) is 38.9 Å². The maximum absolute atomic E-state index is 13.3. The molecule has 0 aliphatic carbocycles. The lowest BCUT2D eigenvalue weighted by Gasteiger charge is -2.36. The van der Waals surface area contributed by atoms with Gasteiger partial charge >= 0.3 is 0 Å². The molecule has 2 aromatic carbocycles. The van der Waals surface area contributed by atoms with Gasteiger partial charge in [0.15, 0.2) is 0 Å². The fourth-order valence-corrected chi connectivity index (χ4v) is 8.04. The molecule has 2 aliphatic rings. The zero-order valence-electron chi connectivity index (χ0n) is 32.9. The molecule has 4 aromatic rings. The van der Waals surface area contributed by atoms with Gasteiger partial charge in [0.25, 0.3) is 11.5 Å². The van der Waals surface area contributed by atoms with Crippen LogP contribution in [-0.4, -0.2) is 103 Å². The molecule has 4 heterocycles. The third-order valence-electron chi connectivity index (χ3n) is 10.8. The van der Waals surface area contributed by atoms with E-state index in [1.165, 1.54) is 11.3 Å². The Balaban J connectivity index is 0.975. The number of pyridine rings is 1. The largest absolute Gasteiger partial charge is 0.496 e. The first-order valence-electron chi connectivity index (χ1n) is 18.7. The van der Waals surface area contributed by atoms with Crippen LogP contribution in [0.4, 0.5) is 0 Å². The van der Waals surface area contributed by atoms with Crippen molar-refractivity contribution in [2.24, 2.45) is 7.05 Å². The van der Waals surface area contributed by atoms with Crippen molar-refractivity contribution in [1.29, 1.82) is 5.26 Å². The number of ether oxygens (including phenoxy) is 3. The standard InChI is InChI=1S/C42H49N7O6S/c1-27-28(2)41(51)46(4)24-34(27)30-20-37(53-5)35(38(21-30)54-6)25-47-14-16-48(17-15-47)26-39(50)44-11-18-55-36-9-7-8-32-29(3)49(13-10-33(32)36)42(52)31(23-43)22-40-45-12-19-56-40/h7-9,12,19-22,24,29H,10-11,13-18,25-26H2,1-6H3,(H,44,50). The molecule has 1 fully saturated rings. The van der Waals surface area contributed by atoms with Crippen LogP contribution < -0.4 is 25.1 Å². The number of nitriles is 1. The molecule has 14 heteroatoms. The Kier molecular flexibility index (Phi) is 12.9. The van der Waals surface area contributed by atoms with Crippen LogP contribution >= 0.6 is 11.3 Å². The molecule has 0 bridgehead atoms. The highest BCUT2D eigenvalue weighted by Crippen LogP contribution is 2.38. The number of benzene rings is 2. The summed E-state index contributed by atoms with van der Waals surface area (Å²) in [6.45, 7) is 10.9. The van der Waals surface area contributed by atoms with Crippen molar-refractivity contribution in [2.75, 3.05) is 66.6 Å². The number of hydrogen-bond acceptors (Lipinski definition) is 11. The third kappa shape index (κ3) is 8.81. The zero-order valence-corrected chi connectivity index (χ0v) is 33.7. The maximum atomic E-state index is 13.3. The number of nitrogens with zero attached hydrogens (tertiary/aromatic N) is 6. The number of methoxy groups -OCH3 is 2. The number of hydrogen-bond donors (Lipinski definition) is 1. The number of nitrogens with one attached hydrogen (secondary N) is 1. The topological polar surface area (TPSA) is 142 Å². The van der Waals surface area contributed by atoms with Crippen molar-refractivity contribution in [3.8, 4) is 34.4 Å². The average Bonchev–Trinajstić information content (AvgIpc) is 3.73. The number of rotatable bonds is 13. The summed E-state index contributed by atoms with van der Waals surface area (Å²) in [5.41, 5.74) is 6.55. The van der Waals surface area contributed by atoms with E-state index in [1.807, 2.05) is 63.4 Å². The number of carbonyl (C=O) groups is 2. The highest BCUT2D eigenvalue weighted by molar-refractivity contribution is 7.10. The molecule has 294 valence electrons. The summed E-state index contributed by atoms with van der Waals surface area (Å²) in [5, 5.41) is 15.1. The predicted molar refractivity (Wildman–Crippen MR) is 216 cm³/mol. The minimum Gasteiger partial charge on any atom is -0.496 e. The molecule has 1 N–H and O–H groups in total. The highest BCUT2D eigenvalue weighted by Gasteiger charge is 2.31. The van der Waals surface area contributed by atoms with Crippen molar-refractivity contribution in [3.63, 3.8) is 0 Å². The molecule has 1 atom stereocenters. The summed E-state index contributed by atoms with van der Waals surface area (Å²) in [6, 6.07) is 11.6. The summed E-state index contributed by atoms with van der Waals surface area (Å²) >= 11 is 1.38. The second-order valence-electron chi connectivity index (χ2n) is 14.1. The summed E-state index contributed by atoms with van der Waals surface area (Å²) in [6.07, 6.45) is 5.64. The molecule has 2 aromatic heterocycles. The van der Waals surface area contributed by atoms with Crippen molar-refractivity contribution in [2.45, 2.75) is 39.8 Å². The highest BCUT2D eigenvalue weighted by atomic mass is 32.1. The van der Waals surface area contributed by atoms with Crippen molar-refractivity contribution in [3.05, 3.63) is 96.9 Å². The van der Waals surface area contributed by atoms with E-state index in [4.69, 9.17) is 14.2 Å². The number of fused-ring (bicyclic) bond motifs is 1. The van der Waals surface area contributed by atoms with Crippen LogP contribution in [0.25, 0.3) is 17.2 Å². The Labute approximate surface area is 331 Å². The molecule has 2 amide bonds. The molecule has 2 aliphatic heterocycles. The Morgan fingerprint density at radius 1 is 1.04 bits per heavy atom. The molecule has 6 rings (SSSR count). The van der Waals surface area contributed by atoms with E-state index in [0.717, 1.165) is 76.8 Å². The van der Waals surface area contributed by atoms with Crippen molar-refractivity contribution >= 4 is 29.2 Å². The number of aromatic nitrogens is 2. The van der Waals surface area contributed by atoms with Gasteiger partial charge in [0.1, 0.15) is 40.5 Å². The van der Waals surface area contributed by atoms with E-state index < -0.39 is 0 Å². The molecular formula is C42H49N7O6S. The normalized spacial score (nSPS) is 16.2. The Hall–Kier alpha value is -5.49. The number of amides is 2. The monoisotopic (exact) mass is 779 g/mol. The van der Waals surface area contributed by atoms with E-state index in [9.17, 15) is 19.6 Å². The zero-order chi connectivity index (χ0) is 39.9. The van der Waals surface area contributed by atoms with E-state index in [0.29, 0.717) is 49.8 Å². The van der Waals surface area contributed by atoms with Crippen LogP contribution in [0.3, 0.4) is 0 Å². The Bertz CT molecular complexity index is 2180. The molecule has 13 nitrogen and oxygen atoms in total. The van der Waals surface area contributed by atoms with Crippen LogP contribution in [0.5, 0.6) is 17.2 Å². The lowest BCUT2D eigenvalue weighted by atomic mass is 9.92.